The molecule has 2 bridgehead atoms. The van der Waals surface area contributed by atoms with E-state index in [-0.39, 0.29) is 23.2 Å². The molecule has 1 N–H and O–H groups in total. The van der Waals surface area contributed by atoms with Crippen LogP contribution in [-0.4, -0.2) is 66.3 Å². The van der Waals surface area contributed by atoms with Gasteiger partial charge in [-0.2, -0.15) is 15.1 Å². The second-order valence-electron chi connectivity index (χ2n) is 11.8. The first-order chi connectivity index (χ1) is 21.3. The Kier molecular flexibility index (Phi) is 8.64. The van der Waals surface area contributed by atoms with Crippen molar-refractivity contribution in [2.75, 3.05) is 32.1 Å². The Morgan fingerprint density at radius 3 is 2.52 bits per heavy atom. The van der Waals surface area contributed by atoms with Crippen molar-refractivity contribution in [2.45, 2.75) is 71.1 Å². The van der Waals surface area contributed by atoms with Crippen molar-refractivity contribution in [1.82, 2.24) is 20.5 Å². The molecule has 4 aromatic rings. The van der Waals surface area contributed by atoms with Crippen LogP contribution in [0.4, 0.5) is 14.6 Å². The Hall–Kier alpha value is -3.89. The predicted octanol–water partition coefficient (Wildman–Crippen LogP) is 6.65. The summed E-state index contributed by atoms with van der Waals surface area (Å²) in [5.74, 6) is -0.924. The van der Waals surface area contributed by atoms with Crippen LogP contribution in [0.2, 0.25) is 0 Å². The SMILES string of the molecule is CC/C(CC(C)OC)=N\N(C)Oc1nc(N2CC3CCC(C2)N3)c2cc(F)c(-c3cccc4cccc(CC)c34)c(F)c2n1. The number of aryl methyl sites for hydroxylation is 1. The van der Waals surface area contributed by atoms with E-state index < -0.39 is 11.6 Å². The Labute approximate surface area is 257 Å². The van der Waals surface area contributed by atoms with Gasteiger partial charge in [-0.3, -0.25) is 0 Å². The summed E-state index contributed by atoms with van der Waals surface area (Å²) in [4.78, 5) is 17.3. The number of fused-ring (bicyclic) bond motifs is 4. The van der Waals surface area contributed by atoms with Crippen LogP contribution < -0.4 is 15.1 Å². The lowest BCUT2D eigenvalue weighted by atomic mass is 9.92. The maximum atomic E-state index is 16.8. The van der Waals surface area contributed by atoms with Crippen LogP contribution in [0.5, 0.6) is 6.01 Å². The Morgan fingerprint density at radius 1 is 1.11 bits per heavy atom. The maximum absolute atomic E-state index is 16.8. The van der Waals surface area contributed by atoms with Gasteiger partial charge in [0.1, 0.15) is 17.2 Å². The number of methoxy groups -OCH3 is 1. The minimum absolute atomic E-state index is 0.00147. The Bertz CT molecular complexity index is 1700. The normalized spacial score (nSPS) is 19.2. The number of nitrogens with zero attached hydrogens (tertiary/aromatic N) is 5. The van der Waals surface area contributed by atoms with Gasteiger partial charge < -0.3 is 19.8 Å². The molecule has 0 amide bonds. The average Bonchev–Trinajstić information content (AvgIpc) is 3.37. The number of nitrogens with one attached hydrogen (secondary N) is 1. The summed E-state index contributed by atoms with van der Waals surface area (Å²) < 4.78 is 38.4. The van der Waals surface area contributed by atoms with Gasteiger partial charge in [-0.25, -0.2) is 8.78 Å². The molecule has 1 aromatic heterocycles. The van der Waals surface area contributed by atoms with Crippen LogP contribution >= 0.6 is 0 Å². The third-order valence-corrected chi connectivity index (χ3v) is 8.83. The number of anilines is 1. The summed E-state index contributed by atoms with van der Waals surface area (Å²) in [6.07, 6.45) is 4.18. The molecule has 0 aliphatic carbocycles. The van der Waals surface area contributed by atoms with E-state index in [2.05, 4.69) is 20.3 Å². The molecule has 10 heteroatoms. The molecule has 2 aliphatic heterocycles. The topological polar surface area (TPSA) is 75.1 Å². The number of hydroxylamine groups is 1. The quantitative estimate of drug-likeness (QED) is 0.161. The third-order valence-electron chi connectivity index (χ3n) is 8.83. The van der Waals surface area contributed by atoms with Crippen molar-refractivity contribution in [2.24, 2.45) is 5.10 Å². The van der Waals surface area contributed by atoms with Crippen molar-refractivity contribution in [3.63, 3.8) is 0 Å². The molecule has 8 nitrogen and oxygen atoms in total. The monoisotopic (exact) mass is 602 g/mol. The summed E-state index contributed by atoms with van der Waals surface area (Å²) in [7, 11) is 3.32. The lowest BCUT2D eigenvalue weighted by molar-refractivity contribution is -0.0392. The van der Waals surface area contributed by atoms with Gasteiger partial charge in [0.2, 0.25) is 0 Å². The van der Waals surface area contributed by atoms with Crippen LogP contribution in [-0.2, 0) is 11.2 Å². The van der Waals surface area contributed by atoms with Gasteiger partial charge in [0.15, 0.2) is 5.82 Å². The lowest BCUT2D eigenvalue weighted by Crippen LogP contribution is -2.51. The van der Waals surface area contributed by atoms with Gasteiger partial charge in [-0.1, -0.05) is 50.2 Å². The van der Waals surface area contributed by atoms with Gasteiger partial charge in [-0.05, 0) is 60.6 Å². The summed E-state index contributed by atoms with van der Waals surface area (Å²) in [5.41, 5.74) is 2.31. The fourth-order valence-corrected chi connectivity index (χ4v) is 6.59. The van der Waals surface area contributed by atoms with E-state index in [4.69, 9.17) is 14.6 Å². The first kappa shape index (κ1) is 30.1. The molecule has 0 radical (unpaired) electrons. The second kappa shape index (κ2) is 12.6. The second-order valence-corrected chi connectivity index (χ2v) is 11.8. The van der Waals surface area contributed by atoms with E-state index in [1.54, 1.807) is 20.2 Å². The van der Waals surface area contributed by atoms with E-state index >= 15 is 8.78 Å². The molecular weight excluding hydrogens is 562 g/mol. The molecule has 3 heterocycles. The number of aromatic nitrogens is 2. The van der Waals surface area contributed by atoms with Gasteiger partial charge in [0.25, 0.3) is 0 Å². The number of hydrogen-bond acceptors (Lipinski definition) is 8. The van der Waals surface area contributed by atoms with Crippen molar-refractivity contribution in [1.29, 1.82) is 0 Å². The van der Waals surface area contributed by atoms with Gasteiger partial charge in [0, 0.05) is 49.8 Å². The lowest BCUT2D eigenvalue weighted by Gasteiger charge is -2.34. The molecule has 0 saturated carbocycles. The van der Waals surface area contributed by atoms with Crippen LogP contribution in [0.1, 0.15) is 52.0 Å². The van der Waals surface area contributed by atoms with Crippen LogP contribution in [0.15, 0.2) is 47.6 Å². The standard InChI is InChI=1S/C34H40F2N6O2/c1-6-21-10-8-11-22-12-9-13-26(29(21)22)30-28(35)17-27-32(31(30)36)38-34(44-41(4)40-23(7-2)16-20(3)43-5)39-33(27)42-18-24-14-15-25(19-42)37-24/h8-13,17,20,24-25,37H,6-7,14-16,18-19H2,1-5H3/b40-23+. The van der Waals surface area contributed by atoms with Gasteiger partial charge >= 0.3 is 6.01 Å². The Balaban J connectivity index is 1.50. The van der Waals surface area contributed by atoms with E-state index in [1.165, 1.54) is 11.2 Å². The highest BCUT2D eigenvalue weighted by atomic mass is 19.1. The van der Waals surface area contributed by atoms with Crippen LogP contribution in [0.3, 0.4) is 0 Å². The average molecular weight is 603 g/mol. The van der Waals surface area contributed by atoms with Crippen molar-refractivity contribution in [3.05, 3.63) is 59.7 Å². The highest BCUT2D eigenvalue weighted by Gasteiger charge is 2.34. The molecule has 3 aromatic carbocycles. The molecule has 2 aliphatic rings. The summed E-state index contributed by atoms with van der Waals surface area (Å²) in [6.45, 7) is 7.39. The summed E-state index contributed by atoms with van der Waals surface area (Å²) >= 11 is 0. The fourth-order valence-electron chi connectivity index (χ4n) is 6.59. The number of benzene rings is 3. The zero-order chi connectivity index (χ0) is 31.0. The summed E-state index contributed by atoms with van der Waals surface area (Å²) in [6, 6.07) is 13.4. The molecular formula is C34H40F2N6O2. The largest absolute Gasteiger partial charge is 0.381 e. The molecule has 232 valence electrons. The summed E-state index contributed by atoms with van der Waals surface area (Å²) in [5, 5.41) is 11.6. The van der Waals surface area contributed by atoms with Crippen LogP contribution in [0, 0.1) is 11.6 Å². The molecule has 44 heavy (non-hydrogen) atoms. The number of halogens is 2. The number of rotatable bonds is 10. The minimum Gasteiger partial charge on any atom is -0.381 e. The van der Waals surface area contributed by atoms with E-state index in [0.717, 1.165) is 41.3 Å². The zero-order valence-corrected chi connectivity index (χ0v) is 26.0. The molecule has 3 atom stereocenters. The van der Waals surface area contributed by atoms with Gasteiger partial charge in [0.05, 0.1) is 18.7 Å². The highest BCUT2D eigenvalue weighted by molar-refractivity contribution is 6.02. The number of hydrazone groups is 1. The third kappa shape index (κ3) is 5.80. The predicted molar refractivity (Wildman–Crippen MR) is 171 cm³/mol. The first-order valence-electron chi connectivity index (χ1n) is 15.5. The minimum atomic E-state index is -0.737. The number of hydrogen-bond donors (Lipinski definition) is 1. The van der Waals surface area contributed by atoms with Crippen molar-refractivity contribution >= 4 is 33.2 Å². The van der Waals surface area contributed by atoms with E-state index in [0.29, 0.717) is 54.8 Å². The van der Waals surface area contributed by atoms with Crippen molar-refractivity contribution in [3.8, 4) is 17.1 Å². The van der Waals surface area contributed by atoms with E-state index in [9.17, 15) is 0 Å². The number of piperazine rings is 1. The van der Waals surface area contributed by atoms with Gasteiger partial charge in [-0.15, -0.1) is 5.17 Å². The van der Waals surface area contributed by atoms with Crippen molar-refractivity contribution < 1.29 is 18.4 Å². The number of ether oxygens (including phenoxy) is 1. The molecule has 2 fully saturated rings. The highest BCUT2D eigenvalue weighted by Crippen LogP contribution is 2.40. The van der Waals surface area contributed by atoms with E-state index in [1.807, 2.05) is 51.1 Å². The smallest absolute Gasteiger partial charge is 0.347 e. The molecule has 2 saturated heterocycles. The first-order valence-corrected chi connectivity index (χ1v) is 15.5. The Morgan fingerprint density at radius 2 is 1.84 bits per heavy atom. The van der Waals surface area contributed by atoms with Crippen LogP contribution in [0.25, 0.3) is 32.8 Å². The zero-order valence-electron chi connectivity index (χ0n) is 26.0. The fraction of sp³-hybridized carbons (Fsp3) is 0.441. The maximum Gasteiger partial charge on any atom is 0.347 e. The molecule has 0 spiro atoms. The molecule has 3 unspecified atom stereocenters. The molecule has 6 rings (SSSR count).